The molecule has 4 heteroatoms. The second kappa shape index (κ2) is 5.43. The Bertz CT molecular complexity index is 280. The monoisotopic (exact) mass is 223 g/mol. The molecule has 1 aliphatic heterocycles. The summed E-state index contributed by atoms with van der Waals surface area (Å²) in [4.78, 5) is 11.8. The van der Waals surface area contributed by atoms with Crippen molar-refractivity contribution >= 4 is 11.6 Å². The molecule has 1 amide bonds. The lowest BCUT2D eigenvalue weighted by Gasteiger charge is -2.22. The van der Waals surface area contributed by atoms with Gasteiger partial charge in [0.1, 0.15) is 0 Å². The van der Waals surface area contributed by atoms with Gasteiger partial charge in [-0.1, -0.05) is 25.7 Å². The Hall–Kier alpha value is -0.900. The SMILES string of the molecule is NCCC1=NN(C2CCCCCC2)C(=O)C1. The molecule has 0 unspecified atom stereocenters. The van der Waals surface area contributed by atoms with E-state index < -0.39 is 0 Å². The highest BCUT2D eigenvalue weighted by atomic mass is 16.2. The van der Waals surface area contributed by atoms with Gasteiger partial charge in [-0.2, -0.15) is 5.10 Å². The Morgan fingerprint density at radius 1 is 1.25 bits per heavy atom. The van der Waals surface area contributed by atoms with E-state index >= 15 is 0 Å². The van der Waals surface area contributed by atoms with E-state index in [1.807, 2.05) is 0 Å². The zero-order valence-corrected chi connectivity index (χ0v) is 9.82. The summed E-state index contributed by atoms with van der Waals surface area (Å²) in [5.41, 5.74) is 6.46. The molecule has 1 aliphatic carbocycles. The minimum atomic E-state index is 0.176. The maximum atomic E-state index is 11.8. The highest BCUT2D eigenvalue weighted by molar-refractivity contribution is 6.05. The van der Waals surface area contributed by atoms with Crippen molar-refractivity contribution in [2.45, 2.75) is 57.4 Å². The van der Waals surface area contributed by atoms with E-state index in [0.717, 1.165) is 25.0 Å². The summed E-state index contributed by atoms with van der Waals surface area (Å²) in [5.74, 6) is 0.176. The molecule has 0 bridgehead atoms. The Balaban J connectivity index is 1.99. The van der Waals surface area contributed by atoms with Crippen LogP contribution in [0.4, 0.5) is 0 Å². The normalized spacial score (nSPS) is 23.4. The van der Waals surface area contributed by atoms with E-state index in [1.54, 1.807) is 5.01 Å². The first-order valence-electron chi connectivity index (χ1n) is 6.39. The van der Waals surface area contributed by atoms with Crippen molar-refractivity contribution in [3.8, 4) is 0 Å². The lowest BCUT2D eigenvalue weighted by Crippen LogP contribution is -2.32. The molecule has 1 saturated carbocycles. The largest absolute Gasteiger partial charge is 0.330 e. The predicted octanol–water partition coefficient (Wildman–Crippen LogP) is 1.65. The molecule has 0 aromatic rings. The van der Waals surface area contributed by atoms with Crippen LogP contribution in [0.15, 0.2) is 5.10 Å². The Labute approximate surface area is 96.9 Å². The second-order valence-corrected chi connectivity index (χ2v) is 4.77. The number of amides is 1. The highest BCUT2D eigenvalue weighted by Gasteiger charge is 2.29. The van der Waals surface area contributed by atoms with Gasteiger partial charge in [0, 0.05) is 12.1 Å². The van der Waals surface area contributed by atoms with Crippen molar-refractivity contribution in [2.24, 2.45) is 10.8 Å². The first-order chi connectivity index (χ1) is 7.81. The fraction of sp³-hybridized carbons (Fsp3) is 0.833. The minimum absolute atomic E-state index is 0.176. The highest BCUT2D eigenvalue weighted by Crippen LogP contribution is 2.25. The van der Waals surface area contributed by atoms with Gasteiger partial charge in [-0.05, 0) is 19.4 Å². The number of nitrogens with two attached hydrogens (primary N) is 1. The zero-order valence-electron chi connectivity index (χ0n) is 9.82. The lowest BCUT2D eigenvalue weighted by molar-refractivity contribution is -0.131. The molecule has 90 valence electrons. The van der Waals surface area contributed by atoms with E-state index in [0.29, 0.717) is 19.0 Å². The lowest BCUT2D eigenvalue weighted by atomic mass is 10.1. The van der Waals surface area contributed by atoms with Crippen LogP contribution < -0.4 is 5.73 Å². The minimum Gasteiger partial charge on any atom is -0.330 e. The van der Waals surface area contributed by atoms with Crippen LogP contribution in [-0.4, -0.2) is 29.2 Å². The number of hydrogen-bond donors (Lipinski definition) is 1. The van der Waals surface area contributed by atoms with Gasteiger partial charge in [-0.25, -0.2) is 5.01 Å². The van der Waals surface area contributed by atoms with Crippen molar-refractivity contribution in [1.29, 1.82) is 0 Å². The molecule has 0 aromatic heterocycles. The fourth-order valence-corrected chi connectivity index (χ4v) is 2.59. The van der Waals surface area contributed by atoms with Gasteiger partial charge in [0.05, 0.1) is 12.5 Å². The van der Waals surface area contributed by atoms with Gasteiger partial charge in [-0.3, -0.25) is 4.79 Å². The van der Waals surface area contributed by atoms with Gasteiger partial charge in [0.2, 0.25) is 5.91 Å². The molecule has 2 aliphatic rings. The van der Waals surface area contributed by atoms with E-state index in [4.69, 9.17) is 5.73 Å². The third-order valence-electron chi connectivity index (χ3n) is 3.46. The van der Waals surface area contributed by atoms with Gasteiger partial charge in [0.25, 0.3) is 0 Å². The molecule has 0 saturated heterocycles. The van der Waals surface area contributed by atoms with Crippen molar-refractivity contribution in [1.82, 2.24) is 5.01 Å². The summed E-state index contributed by atoms with van der Waals surface area (Å²) in [6.07, 6.45) is 8.56. The number of hydrogen-bond acceptors (Lipinski definition) is 3. The topological polar surface area (TPSA) is 58.7 Å². The molecular weight excluding hydrogens is 202 g/mol. The first kappa shape index (κ1) is 11.6. The summed E-state index contributed by atoms with van der Waals surface area (Å²) < 4.78 is 0. The molecule has 2 N–H and O–H groups in total. The number of rotatable bonds is 3. The van der Waals surface area contributed by atoms with Gasteiger partial charge < -0.3 is 5.73 Å². The van der Waals surface area contributed by atoms with Gasteiger partial charge in [-0.15, -0.1) is 0 Å². The van der Waals surface area contributed by atoms with Crippen LogP contribution >= 0.6 is 0 Å². The third kappa shape index (κ3) is 2.61. The van der Waals surface area contributed by atoms with E-state index in [-0.39, 0.29) is 5.91 Å². The number of hydrazone groups is 1. The smallest absolute Gasteiger partial charge is 0.248 e. The van der Waals surface area contributed by atoms with Crippen LogP contribution in [0.2, 0.25) is 0 Å². The first-order valence-corrected chi connectivity index (χ1v) is 6.39. The molecule has 0 atom stereocenters. The predicted molar refractivity (Wildman–Crippen MR) is 64.1 cm³/mol. The van der Waals surface area contributed by atoms with E-state index in [2.05, 4.69) is 5.10 Å². The summed E-state index contributed by atoms with van der Waals surface area (Å²) in [6.45, 7) is 0.588. The number of carbonyl (C=O) groups is 1. The molecule has 1 heterocycles. The Morgan fingerprint density at radius 3 is 2.56 bits per heavy atom. The summed E-state index contributed by atoms with van der Waals surface area (Å²) in [5, 5.41) is 6.19. The maximum Gasteiger partial charge on any atom is 0.248 e. The molecular formula is C12H21N3O. The Morgan fingerprint density at radius 2 is 1.94 bits per heavy atom. The average molecular weight is 223 g/mol. The van der Waals surface area contributed by atoms with Crippen LogP contribution in [0.25, 0.3) is 0 Å². The molecule has 2 rings (SSSR count). The summed E-state index contributed by atoms with van der Waals surface area (Å²) >= 11 is 0. The van der Waals surface area contributed by atoms with E-state index in [1.165, 1.54) is 25.7 Å². The van der Waals surface area contributed by atoms with Crippen LogP contribution in [0.3, 0.4) is 0 Å². The molecule has 4 nitrogen and oxygen atoms in total. The van der Waals surface area contributed by atoms with Gasteiger partial charge in [0.15, 0.2) is 0 Å². The van der Waals surface area contributed by atoms with E-state index in [9.17, 15) is 4.79 Å². The third-order valence-corrected chi connectivity index (χ3v) is 3.46. The number of carbonyl (C=O) groups excluding carboxylic acids is 1. The fourth-order valence-electron chi connectivity index (χ4n) is 2.59. The van der Waals surface area contributed by atoms with Crippen LogP contribution in [0.1, 0.15) is 51.4 Å². The Kier molecular flexibility index (Phi) is 3.93. The summed E-state index contributed by atoms with van der Waals surface area (Å²) in [7, 11) is 0. The molecule has 0 aromatic carbocycles. The second-order valence-electron chi connectivity index (χ2n) is 4.77. The van der Waals surface area contributed by atoms with Crippen molar-refractivity contribution in [3.63, 3.8) is 0 Å². The van der Waals surface area contributed by atoms with Crippen LogP contribution in [0, 0.1) is 0 Å². The van der Waals surface area contributed by atoms with Crippen molar-refractivity contribution < 1.29 is 4.79 Å². The average Bonchev–Trinajstić information content (AvgIpc) is 2.52. The quantitative estimate of drug-likeness (QED) is 0.739. The van der Waals surface area contributed by atoms with Crippen molar-refractivity contribution in [2.75, 3.05) is 6.54 Å². The number of nitrogens with zero attached hydrogens (tertiary/aromatic N) is 2. The molecule has 16 heavy (non-hydrogen) atoms. The maximum absolute atomic E-state index is 11.8. The van der Waals surface area contributed by atoms with Gasteiger partial charge >= 0.3 is 0 Å². The molecule has 0 spiro atoms. The molecule has 0 radical (unpaired) electrons. The standard InChI is InChI=1S/C12H21N3O/c13-8-7-10-9-12(16)15(14-10)11-5-3-1-2-4-6-11/h11H,1-9,13H2. The zero-order chi connectivity index (χ0) is 11.4. The molecule has 1 fully saturated rings. The summed E-state index contributed by atoms with van der Waals surface area (Å²) in [6, 6.07) is 0.352. The van der Waals surface area contributed by atoms with Crippen LogP contribution in [-0.2, 0) is 4.79 Å². The van der Waals surface area contributed by atoms with Crippen LogP contribution in [0.5, 0.6) is 0 Å². The van der Waals surface area contributed by atoms with Crippen molar-refractivity contribution in [3.05, 3.63) is 0 Å².